The maximum Gasteiger partial charge on any atom is 0.287 e. The van der Waals surface area contributed by atoms with E-state index >= 15 is 0 Å². The van der Waals surface area contributed by atoms with Crippen molar-refractivity contribution in [3.63, 3.8) is 0 Å². The summed E-state index contributed by atoms with van der Waals surface area (Å²) in [5.41, 5.74) is 1.98. The number of ether oxygens (including phenoxy) is 1. The second-order valence-corrected chi connectivity index (χ2v) is 7.56. The van der Waals surface area contributed by atoms with Gasteiger partial charge in [0.25, 0.3) is 5.91 Å². The average molecular weight is 383 g/mol. The highest BCUT2D eigenvalue weighted by Gasteiger charge is 2.14. The van der Waals surface area contributed by atoms with E-state index in [0.717, 1.165) is 21.8 Å². The number of hydrogen-bond acceptors (Lipinski definition) is 4. The van der Waals surface area contributed by atoms with Gasteiger partial charge < -0.3 is 14.5 Å². The van der Waals surface area contributed by atoms with E-state index in [4.69, 9.17) is 9.15 Å². The summed E-state index contributed by atoms with van der Waals surface area (Å²) in [4.78, 5) is 13.0. The molecule has 3 aromatic rings. The van der Waals surface area contributed by atoms with Crippen LogP contribution in [0.4, 0.5) is 0 Å². The van der Waals surface area contributed by atoms with E-state index in [-0.39, 0.29) is 17.4 Å². The largest absolute Gasteiger partial charge is 0.497 e. The molecule has 5 nitrogen and oxygen atoms in total. The summed E-state index contributed by atoms with van der Waals surface area (Å²) in [6.45, 7) is 2.32. The molecule has 0 aliphatic rings. The molecule has 140 valence electrons. The van der Waals surface area contributed by atoms with E-state index in [1.807, 2.05) is 55.5 Å². The Morgan fingerprint density at radius 1 is 1.11 bits per heavy atom. The molecule has 1 aromatic heterocycles. The Kier molecular flexibility index (Phi) is 6.08. The summed E-state index contributed by atoms with van der Waals surface area (Å²) in [7, 11) is 0.379. The second-order valence-electron chi connectivity index (χ2n) is 6.11. The molecular weight excluding hydrogens is 362 g/mol. The molecule has 3 rings (SSSR count). The van der Waals surface area contributed by atoms with E-state index in [9.17, 15) is 9.00 Å². The first-order valence-corrected chi connectivity index (χ1v) is 9.82. The van der Waals surface area contributed by atoms with Crippen LogP contribution in [0.2, 0.25) is 0 Å². The maximum atomic E-state index is 12.5. The number of carbonyl (C=O) groups excluding carboxylic acids is 1. The smallest absolute Gasteiger partial charge is 0.287 e. The summed E-state index contributed by atoms with van der Waals surface area (Å²) in [6.07, 6.45) is 0. The average Bonchev–Trinajstić information content (AvgIpc) is 3.15. The van der Waals surface area contributed by atoms with Crippen LogP contribution in [0.15, 0.2) is 70.0 Å². The molecule has 0 bridgehead atoms. The highest BCUT2D eigenvalue weighted by Crippen LogP contribution is 2.17. The summed E-state index contributed by atoms with van der Waals surface area (Å²) in [6, 6.07) is 18.3. The van der Waals surface area contributed by atoms with Crippen LogP contribution < -0.4 is 10.1 Å². The predicted molar refractivity (Wildman–Crippen MR) is 104 cm³/mol. The highest BCUT2D eigenvalue weighted by molar-refractivity contribution is 7.84. The Labute approximate surface area is 160 Å². The van der Waals surface area contributed by atoms with Crippen molar-refractivity contribution in [3.05, 3.63) is 83.3 Å². The number of aryl methyl sites for hydroxylation is 1. The lowest BCUT2D eigenvalue weighted by molar-refractivity contribution is 0.0921. The lowest BCUT2D eigenvalue weighted by Crippen LogP contribution is -2.22. The monoisotopic (exact) mass is 383 g/mol. The highest BCUT2D eigenvalue weighted by atomic mass is 32.2. The number of carbonyl (C=O) groups is 1. The van der Waals surface area contributed by atoms with Gasteiger partial charge in [-0.05, 0) is 54.4 Å². The first kappa shape index (κ1) is 18.9. The number of benzene rings is 2. The topological polar surface area (TPSA) is 68.5 Å². The van der Waals surface area contributed by atoms with Crippen molar-refractivity contribution in [2.24, 2.45) is 0 Å². The molecule has 2 aromatic carbocycles. The van der Waals surface area contributed by atoms with Gasteiger partial charge in [-0.25, -0.2) is 0 Å². The zero-order valence-corrected chi connectivity index (χ0v) is 16.0. The molecular formula is C21H21NO4S. The van der Waals surface area contributed by atoms with E-state index in [2.05, 4.69) is 5.32 Å². The molecule has 6 heteroatoms. The van der Waals surface area contributed by atoms with Gasteiger partial charge in [0.2, 0.25) is 0 Å². The fourth-order valence-electron chi connectivity index (χ4n) is 2.60. The van der Waals surface area contributed by atoms with Crippen LogP contribution in [0.3, 0.4) is 0 Å². The van der Waals surface area contributed by atoms with Crippen LogP contribution >= 0.6 is 0 Å². The van der Waals surface area contributed by atoms with Crippen molar-refractivity contribution in [1.29, 1.82) is 0 Å². The standard InChI is InChI=1S/C21H21NO4S/c1-15-5-3-8-19(11-15)27(24)14-18-9-10-20(26-18)21(23)22-13-16-6-4-7-17(12-16)25-2/h3-12H,13-14H2,1-2H3,(H,22,23)/t27-/m1/s1. The van der Waals surface area contributed by atoms with Crippen molar-refractivity contribution in [2.75, 3.05) is 7.11 Å². The summed E-state index contributed by atoms with van der Waals surface area (Å²) < 4.78 is 23.2. The van der Waals surface area contributed by atoms with Crippen LogP contribution in [0, 0.1) is 6.92 Å². The van der Waals surface area contributed by atoms with Gasteiger partial charge in [-0.3, -0.25) is 9.00 Å². The third-order valence-corrected chi connectivity index (χ3v) is 5.32. The Balaban J connectivity index is 1.59. The van der Waals surface area contributed by atoms with Gasteiger partial charge in [0.1, 0.15) is 11.5 Å². The van der Waals surface area contributed by atoms with Gasteiger partial charge in [-0.1, -0.05) is 24.3 Å². The number of nitrogens with one attached hydrogen (secondary N) is 1. The Morgan fingerprint density at radius 3 is 2.70 bits per heavy atom. The van der Waals surface area contributed by atoms with E-state index in [0.29, 0.717) is 12.3 Å². The van der Waals surface area contributed by atoms with E-state index in [1.54, 1.807) is 19.2 Å². The number of amides is 1. The van der Waals surface area contributed by atoms with Gasteiger partial charge in [0, 0.05) is 11.4 Å². The minimum atomic E-state index is -1.22. The number of hydrogen-bond donors (Lipinski definition) is 1. The lowest BCUT2D eigenvalue weighted by Gasteiger charge is -2.06. The summed E-state index contributed by atoms with van der Waals surface area (Å²) in [5, 5.41) is 2.81. The van der Waals surface area contributed by atoms with E-state index in [1.165, 1.54) is 0 Å². The van der Waals surface area contributed by atoms with Crippen molar-refractivity contribution in [3.8, 4) is 5.75 Å². The normalized spacial score (nSPS) is 11.8. The molecule has 0 radical (unpaired) electrons. The molecule has 1 heterocycles. The van der Waals surface area contributed by atoms with Crippen molar-refractivity contribution in [2.45, 2.75) is 24.1 Å². The third kappa shape index (κ3) is 5.08. The molecule has 0 aliphatic carbocycles. The van der Waals surface area contributed by atoms with Crippen LogP contribution in [-0.4, -0.2) is 17.2 Å². The van der Waals surface area contributed by atoms with Gasteiger partial charge in [0.05, 0.1) is 23.7 Å². The maximum absolute atomic E-state index is 12.5. The molecule has 0 spiro atoms. The number of furan rings is 1. The molecule has 0 saturated heterocycles. The molecule has 27 heavy (non-hydrogen) atoms. The fraction of sp³-hybridized carbons (Fsp3) is 0.190. The first-order chi connectivity index (χ1) is 13.0. The summed E-state index contributed by atoms with van der Waals surface area (Å²) >= 11 is 0. The van der Waals surface area contributed by atoms with Gasteiger partial charge in [-0.15, -0.1) is 0 Å². The predicted octanol–water partition coefficient (Wildman–Crippen LogP) is 3.83. The Hall–Kier alpha value is -2.86. The zero-order chi connectivity index (χ0) is 19.2. The summed E-state index contributed by atoms with van der Waals surface area (Å²) in [5.74, 6) is 1.37. The molecule has 1 N–H and O–H groups in total. The van der Waals surface area contributed by atoms with Crippen LogP contribution in [-0.2, 0) is 23.1 Å². The minimum Gasteiger partial charge on any atom is -0.497 e. The fourth-order valence-corrected chi connectivity index (χ4v) is 3.73. The Bertz CT molecular complexity index is 964. The molecule has 0 aliphatic heterocycles. The second kappa shape index (κ2) is 8.68. The van der Waals surface area contributed by atoms with Crippen LogP contribution in [0.5, 0.6) is 5.75 Å². The van der Waals surface area contributed by atoms with Crippen molar-refractivity contribution >= 4 is 16.7 Å². The van der Waals surface area contributed by atoms with Crippen molar-refractivity contribution in [1.82, 2.24) is 5.32 Å². The van der Waals surface area contributed by atoms with Gasteiger partial charge >= 0.3 is 0 Å². The molecule has 1 atom stereocenters. The third-order valence-electron chi connectivity index (χ3n) is 4.00. The SMILES string of the molecule is COc1cccc(CNC(=O)c2ccc(C[S@@](=O)c3cccc(C)c3)o2)c1. The quantitative estimate of drug-likeness (QED) is 0.673. The number of rotatable bonds is 7. The van der Waals surface area contributed by atoms with Gasteiger partial charge in [0.15, 0.2) is 5.76 Å². The van der Waals surface area contributed by atoms with Crippen molar-refractivity contribution < 1.29 is 18.2 Å². The molecule has 0 saturated carbocycles. The minimum absolute atomic E-state index is 0.203. The molecule has 0 unspecified atom stereocenters. The Morgan fingerprint density at radius 2 is 1.93 bits per heavy atom. The van der Waals surface area contributed by atoms with E-state index < -0.39 is 10.8 Å². The molecule has 1 amide bonds. The number of methoxy groups -OCH3 is 1. The molecule has 0 fully saturated rings. The first-order valence-electron chi connectivity index (χ1n) is 8.50. The van der Waals surface area contributed by atoms with Gasteiger partial charge in [-0.2, -0.15) is 0 Å². The van der Waals surface area contributed by atoms with Crippen LogP contribution in [0.1, 0.15) is 27.4 Å². The zero-order valence-electron chi connectivity index (χ0n) is 15.2. The van der Waals surface area contributed by atoms with Crippen LogP contribution in [0.25, 0.3) is 0 Å². The lowest BCUT2D eigenvalue weighted by atomic mass is 10.2.